The van der Waals surface area contributed by atoms with Crippen LogP contribution in [-0.4, -0.2) is 18.3 Å². The Bertz CT molecular complexity index is 606. The molecule has 0 radical (unpaired) electrons. The summed E-state index contributed by atoms with van der Waals surface area (Å²) in [4.78, 5) is 11.9. The van der Waals surface area contributed by atoms with Crippen molar-refractivity contribution in [3.05, 3.63) is 54.1 Å². The van der Waals surface area contributed by atoms with Crippen LogP contribution in [0.1, 0.15) is 12.0 Å². The zero-order chi connectivity index (χ0) is 15.5. The van der Waals surface area contributed by atoms with Gasteiger partial charge >= 0.3 is 0 Å². The van der Waals surface area contributed by atoms with E-state index in [4.69, 9.17) is 22.6 Å². The van der Waals surface area contributed by atoms with E-state index in [9.17, 15) is 4.79 Å². The van der Waals surface area contributed by atoms with Gasteiger partial charge in [0.05, 0.1) is 11.3 Å². The van der Waals surface area contributed by atoms with Gasteiger partial charge in [0, 0.05) is 0 Å². The number of carbonyl (C=O) groups is 1. The molecule has 1 aromatic carbocycles. The highest BCUT2D eigenvalue weighted by atomic mass is 16.1. The van der Waals surface area contributed by atoms with Crippen LogP contribution in [0.3, 0.4) is 0 Å². The first kappa shape index (κ1) is 15.0. The molecule has 110 valence electrons. The number of nitrogens with two attached hydrogens (primary N) is 3. The molecule has 1 aromatic rings. The van der Waals surface area contributed by atoms with Crippen molar-refractivity contribution in [3.63, 3.8) is 0 Å². The molecule has 0 aromatic heterocycles. The molecule has 7 N–H and O–H groups in total. The van der Waals surface area contributed by atoms with Crippen LogP contribution < -0.4 is 17.2 Å². The van der Waals surface area contributed by atoms with Crippen LogP contribution in [0.4, 0.5) is 0 Å². The van der Waals surface area contributed by atoms with Crippen LogP contribution in [0.15, 0.2) is 48.6 Å². The molecule has 0 heterocycles. The van der Waals surface area contributed by atoms with Crippen LogP contribution in [0.5, 0.6) is 0 Å². The molecular formula is C16H20N4O. The van der Waals surface area contributed by atoms with E-state index >= 15 is 0 Å². The predicted molar refractivity (Wildman–Crippen MR) is 84.3 cm³/mol. The molecule has 5 heteroatoms. The lowest BCUT2D eigenvalue weighted by Gasteiger charge is -2.41. The Morgan fingerprint density at radius 3 is 2.43 bits per heavy atom. The standard InChI is InChI=1S/C16H20N4O/c17-10-9-16(15(19)20)12(11-5-2-1-3-6-11)7-4-8-13(16)14(18)21/h1-8,13H,9-10,17H2,(H2,18,21)(H3,19,20). The van der Waals surface area contributed by atoms with Crippen molar-refractivity contribution in [3.8, 4) is 0 Å². The third kappa shape index (κ3) is 2.48. The van der Waals surface area contributed by atoms with Crippen molar-refractivity contribution in [2.45, 2.75) is 6.42 Å². The van der Waals surface area contributed by atoms with Gasteiger partial charge in [-0.3, -0.25) is 10.2 Å². The monoisotopic (exact) mass is 284 g/mol. The molecule has 0 saturated heterocycles. The predicted octanol–water partition coefficient (Wildman–Crippen LogP) is 1.01. The Morgan fingerprint density at radius 2 is 1.90 bits per heavy atom. The van der Waals surface area contributed by atoms with E-state index in [1.807, 2.05) is 36.4 Å². The van der Waals surface area contributed by atoms with E-state index in [1.54, 1.807) is 12.2 Å². The average molecular weight is 284 g/mol. The molecule has 1 aliphatic rings. The number of primary amides is 1. The van der Waals surface area contributed by atoms with Crippen molar-refractivity contribution in [1.29, 1.82) is 5.41 Å². The molecule has 0 spiro atoms. The summed E-state index contributed by atoms with van der Waals surface area (Å²) in [7, 11) is 0. The molecule has 21 heavy (non-hydrogen) atoms. The smallest absolute Gasteiger partial charge is 0.225 e. The number of nitrogens with one attached hydrogen (secondary N) is 1. The Kier molecular flexibility index (Phi) is 4.23. The molecule has 1 aliphatic carbocycles. The fourth-order valence-electron chi connectivity index (χ4n) is 3.02. The van der Waals surface area contributed by atoms with E-state index in [-0.39, 0.29) is 5.84 Å². The summed E-state index contributed by atoms with van der Waals surface area (Å²) < 4.78 is 0. The Morgan fingerprint density at radius 1 is 1.24 bits per heavy atom. The molecule has 0 fully saturated rings. The highest BCUT2D eigenvalue weighted by Gasteiger charge is 2.47. The van der Waals surface area contributed by atoms with Crippen molar-refractivity contribution in [2.24, 2.45) is 28.5 Å². The number of benzene rings is 1. The number of hydrogen-bond donors (Lipinski definition) is 4. The Balaban J connectivity index is 2.65. The van der Waals surface area contributed by atoms with E-state index in [0.29, 0.717) is 13.0 Å². The lowest BCUT2D eigenvalue weighted by atomic mass is 9.62. The van der Waals surface area contributed by atoms with Gasteiger partial charge < -0.3 is 17.2 Å². The van der Waals surface area contributed by atoms with Gasteiger partial charge in [-0.1, -0.05) is 48.6 Å². The zero-order valence-electron chi connectivity index (χ0n) is 11.8. The average Bonchev–Trinajstić information content (AvgIpc) is 2.48. The number of carbonyl (C=O) groups excluding carboxylic acids is 1. The number of rotatable bonds is 5. The summed E-state index contributed by atoms with van der Waals surface area (Å²) >= 11 is 0. The van der Waals surface area contributed by atoms with Gasteiger partial charge in [0.2, 0.25) is 5.91 Å². The molecule has 0 saturated carbocycles. The third-order valence-electron chi connectivity index (χ3n) is 3.99. The molecular weight excluding hydrogens is 264 g/mol. The molecule has 2 atom stereocenters. The number of amidine groups is 1. The van der Waals surface area contributed by atoms with E-state index in [1.165, 1.54) is 0 Å². The minimum Gasteiger partial charge on any atom is -0.387 e. The SMILES string of the molecule is N=C(N)C1(CCN)C(c2ccccc2)=CC=CC1C(N)=O. The maximum Gasteiger partial charge on any atom is 0.225 e. The Hall–Kier alpha value is -2.40. The Labute approximate surface area is 124 Å². The van der Waals surface area contributed by atoms with Crippen LogP contribution >= 0.6 is 0 Å². The maximum absolute atomic E-state index is 11.9. The van der Waals surface area contributed by atoms with Crippen LogP contribution in [-0.2, 0) is 4.79 Å². The van der Waals surface area contributed by atoms with Gasteiger partial charge in [-0.25, -0.2) is 0 Å². The molecule has 5 nitrogen and oxygen atoms in total. The highest BCUT2D eigenvalue weighted by molar-refractivity contribution is 6.03. The summed E-state index contributed by atoms with van der Waals surface area (Å²) in [6.45, 7) is 0.307. The molecule has 2 unspecified atom stereocenters. The van der Waals surface area contributed by atoms with Gasteiger partial charge in [-0.15, -0.1) is 0 Å². The summed E-state index contributed by atoms with van der Waals surface area (Å²) in [5.74, 6) is -1.26. The van der Waals surface area contributed by atoms with Crippen molar-refractivity contribution in [1.82, 2.24) is 0 Å². The van der Waals surface area contributed by atoms with E-state index in [0.717, 1.165) is 11.1 Å². The number of amides is 1. The lowest BCUT2D eigenvalue weighted by Crippen LogP contribution is -2.50. The maximum atomic E-state index is 11.9. The van der Waals surface area contributed by atoms with Crippen molar-refractivity contribution in [2.75, 3.05) is 6.54 Å². The second kappa shape index (κ2) is 5.93. The van der Waals surface area contributed by atoms with E-state index in [2.05, 4.69) is 0 Å². The van der Waals surface area contributed by atoms with Crippen molar-refractivity contribution < 1.29 is 4.79 Å². The molecule has 1 amide bonds. The normalized spacial score (nSPS) is 24.4. The first-order chi connectivity index (χ1) is 10.0. The second-order valence-corrected chi connectivity index (χ2v) is 5.14. The largest absolute Gasteiger partial charge is 0.387 e. The zero-order valence-corrected chi connectivity index (χ0v) is 11.8. The topological polar surface area (TPSA) is 119 Å². The van der Waals surface area contributed by atoms with Crippen LogP contribution in [0, 0.1) is 16.7 Å². The first-order valence-electron chi connectivity index (χ1n) is 6.82. The van der Waals surface area contributed by atoms with Gasteiger partial charge in [0.15, 0.2) is 0 Å². The number of hydrogen-bond acceptors (Lipinski definition) is 3. The molecule has 2 rings (SSSR count). The second-order valence-electron chi connectivity index (χ2n) is 5.14. The quantitative estimate of drug-likeness (QED) is 0.477. The van der Waals surface area contributed by atoms with Gasteiger partial charge in [-0.05, 0) is 24.1 Å². The fraction of sp³-hybridized carbons (Fsp3) is 0.250. The van der Waals surface area contributed by atoms with Gasteiger partial charge in [0.1, 0.15) is 5.84 Å². The fourth-order valence-corrected chi connectivity index (χ4v) is 3.02. The molecule has 0 bridgehead atoms. The minimum absolute atomic E-state index is 0.0868. The summed E-state index contributed by atoms with van der Waals surface area (Å²) in [5.41, 5.74) is 17.9. The van der Waals surface area contributed by atoms with Gasteiger partial charge in [-0.2, -0.15) is 0 Å². The summed E-state index contributed by atoms with van der Waals surface area (Å²) in [5, 5.41) is 8.08. The van der Waals surface area contributed by atoms with Crippen LogP contribution in [0.2, 0.25) is 0 Å². The minimum atomic E-state index is -0.976. The summed E-state index contributed by atoms with van der Waals surface area (Å²) in [6.07, 6.45) is 5.76. The number of allylic oxidation sites excluding steroid dienone is 2. The first-order valence-corrected chi connectivity index (χ1v) is 6.82. The highest BCUT2D eigenvalue weighted by Crippen LogP contribution is 2.47. The van der Waals surface area contributed by atoms with E-state index < -0.39 is 17.2 Å². The lowest BCUT2D eigenvalue weighted by molar-refractivity contribution is -0.122. The van der Waals surface area contributed by atoms with Crippen LogP contribution in [0.25, 0.3) is 5.57 Å². The molecule has 0 aliphatic heterocycles. The summed E-state index contributed by atoms with van der Waals surface area (Å²) in [6, 6.07) is 9.57. The van der Waals surface area contributed by atoms with Gasteiger partial charge in [0.25, 0.3) is 0 Å². The van der Waals surface area contributed by atoms with Crippen molar-refractivity contribution >= 4 is 17.3 Å². The third-order valence-corrected chi connectivity index (χ3v) is 3.99.